The van der Waals surface area contributed by atoms with Crippen molar-refractivity contribution in [1.82, 2.24) is 0 Å². The molecular formula is C26H23BrNO3P. The zero-order valence-corrected chi connectivity index (χ0v) is 20.1. The molecule has 0 heterocycles. The average molecular weight is 508 g/mol. The summed E-state index contributed by atoms with van der Waals surface area (Å²) < 4.78 is 5.21. The molecule has 0 amide bonds. The Labute approximate surface area is 199 Å². The number of nitro benzene ring substituents is 1. The van der Waals surface area contributed by atoms with Gasteiger partial charge < -0.3 is 21.7 Å². The van der Waals surface area contributed by atoms with Crippen LogP contribution in [0.2, 0.25) is 0 Å². The summed E-state index contributed by atoms with van der Waals surface area (Å²) in [5.74, 6) is 0.275. The van der Waals surface area contributed by atoms with Crippen molar-refractivity contribution in [3.8, 4) is 5.75 Å². The summed E-state index contributed by atoms with van der Waals surface area (Å²) in [4.78, 5) is 11.3. The second-order valence-corrected chi connectivity index (χ2v) is 10.7. The predicted octanol–water partition coefficient (Wildman–Crippen LogP) is 2.10. The minimum Gasteiger partial charge on any atom is -1.00 e. The third-order valence-corrected chi connectivity index (χ3v) is 9.83. The maximum Gasteiger partial charge on any atom is 0.311 e. The van der Waals surface area contributed by atoms with Gasteiger partial charge in [-0.05, 0) is 48.0 Å². The Morgan fingerprint density at radius 3 is 1.56 bits per heavy atom. The molecule has 6 heteroatoms. The lowest BCUT2D eigenvalue weighted by Gasteiger charge is -2.27. The second kappa shape index (κ2) is 10.5. The number of nitro groups is 1. The normalized spacial score (nSPS) is 10.8. The SMILES string of the molecule is COc1ccc(C[P+](c2ccccc2)(c2ccccc2)c2ccccc2)cc1[N+](=O)[O-].[Br-]. The highest BCUT2D eigenvalue weighted by molar-refractivity contribution is 7.95. The van der Waals surface area contributed by atoms with Crippen molar-refractivity contribution < 1.29 is 26.6 Å². The van der Waals surface area contributed by atoms with E-state index in [-0.39, 0.29) is 33.3 Å². The van der Waals surface area contributed by atoms with Crippen LogP contribution in [-0.4, -0.2) is 12.0 Å². The van der Waals surface area contributed by atoms with E-state index in [4.69, 9.17) is 4.74 Å². The van der Waals surface area contributed by atoms with Crippen LogP contribution < -0.4 is 37.6 Å². The molecule has 4 nitrogen and oxygen atoms in total. The van der Waals surface area contributed by atoms with Crippen LogP contribution in [0.1, 0.15) is 5.56 Å². The van der Waals surface area contributed by atoms with Gasteiger partial charge in [-0.2, -0.15) is 0 Å². The first-order valence-corrected chi connectivity index (χ1v) is 12.0. The highest BCUT2D eigenvalue weighted by Gasteiger charge is 2.45. The van der Waals surface area contributed by atoms with E-state index < -0.39 is 7.26 Å². The zero-order chi connectivity index (χ0) is 21.7. The summed E-state index contributed by atoms with van der Waals surface area (Å²) in [6.45, 7) is 0. The highest BCUT2D eigenvalue weighted by atomic mass is 79.9. The molecule has 0 radical (unpaired) electrons. The van der Waals surface area contributed by atoms with Crippen molar-refractivity contribution in [1.29, 1.82) is 0 Å². The molecule has 0 saturated heterocycles. The van der Waals surface area contributed by atoms with Crippen LogP contribution >= 0.6 is 7.26 Å². The minimum atomic E-state index is -2.11. The maximum absolute atomic E-state index is 11.6. The van der Waals surface area contributed by atoms with Gasteiger partial charge in [0, 0.05) is 6.07 Å². The van der Waals surface area contributed by atoms with Crippen molar-refractivity contribution in [3.63, 3.8) is 0 Å². The fourth-order valence-corrected chi connectivity index (χ4v) is 8.25. The number of methoxy groups -OCH3 is 1. The summed E-state index contributed by atoms with van der Waals surface area (Å²) in [5.41, 5.74) is 0.907. The fraction of sp³-hybridized carbons (Fsp3) is 0.0769. The van der Waals surface area contributed by atoms with Gasteiger partial charge in [-0.3, -0.25) is 10.1 Å². The van der Waals surface area contributed by atoms with E-state index >= 15 is 0 Å². The van der Waals surface area contributed by atoms with E-state index in [1.165, 1.54) is 23.0 Å². The van der Waals surface area contributed by atoms with E-state index in [1.54, 1.807) is 12.1 Å². The lowest BCUT2D eigenvalue weighted by molar-refractivity contribution is -0.385. The number of halogens is 1. The Morgan fingerprint density at radius 1 is 0.750 bits per heavy atom. The molecule has 0 aliphatic heterocycles. The van der Waals surface area contributed by atoms with Gasteiger partial charge >= 0.3 is 5.69 Å². The molecule has 32 heavy (non-hydrogen) atoms. The standard InChI is InChI=1S/C26H23NO3P.BrH/c1-30-26-18-17-21(19-25(26)27(28)29)20-31(22-11-5-2-6-12-22,23-13-7-3-8-14-23)24-15-9-4-10-16-24;/h2-19H,20H2,1H3;1H/q+1;/p-1. The molecule has 0 saturated carbocycles. The summed E-state index contributed by atoms with van der Waals surface area (Å²) in [5, 5.41) is 15.4. The van der Waals surface area contributed by atoms with Gasteiger partial charge in [0.25, 0.3) is 0 Å². The van der Waals surface area contributed by atoms with Gasteiger partial charge in [0.1, 0.15) is 23.2 Å². The minimum absolute atomic E-state index is 0. The Kier molecular flexibility index (Phi) is 7.79. The van der Waals surface area contributed by atoms with Gasteiger partial charge in [-0.1, -0.05) is 60.7 Å². The molecule has 0 bridgehead atoms. The van der Waals surface area contributed by atoms with E-state index in [0.29, 0.717) is 6.16 Å². The first-order valence-electron chi connectivity index (χ1n) is 10.0. The zero-order valence-electron chi connectivity index (χ0n) is 17.6. The lowest BCUT2D eigenvalue weighted by atomic mass is 10.2. The number of ether oxygens (including phenoxy) is 1. The molecular weight excluding hydrogens is 485 g/mol. The highest BCUT2D eigenvalue weighted by Crippen LogP contribution is 2.58. The van der Waals surface area contributed by atoms with Crippen molar-refractivity contribution in [2.45, 2.75) is 6.16 Å². The Balaban J connectivity index is 0.00000289. The van der Waals surface area contributed by atoms with Gasteiger partial charge in [-0.25, -0.2) is 0 Å². The Hall–Kier alpha value is -3.01. The van der Waals surface area contributed by atoms with E-state index in [0.717, 1.165) is 5.56 Å². The summed E-state index contributed by atoms with van der Waals surface area (Å²) >= 11 is 0. The van der Waals surface area contributed by atoms with Crippen molar-refractivity contribution >= 4 is 28.9 Å². The Morgan fingerprint density at radius 2 is 1.19 bits per heavy atom. The smallest absolute Gasteiger partial charge is 0.311 e. The van der Waals surface area contributed by atoms with Crippen LogP contribution in [0.3, 0.4) is 0 Å². The summed E-state index contributed by atoms with van der Waals surface area (Å²) in [6, 6.07) is 36.8. The molecule has 0 aromatic heterocycles. The van der Waals surface area contributed by atoms with Crippen molar-refractivity contribution in [2.75, 3.05) is 7.11 Å². The molecule has 0 fully saturated rings. The summed E-state index contributed by atoms with van der Waals surface area (Å²) in [7, 11) is -0.657. The molecule has 0 atom stereocenters. The van der Waals surface area contributed by atoms with E-state index in [9.17, 15) is 10.1 Å². The fourth-order valence-electron chi connectivity index (χ4n) is 4.02. The van der Waals surface area contributed by atoms with Crippen LogP contribution in [0.15, 0.2) is 109 Å². The first-order chi connectivity index (χ1) is 15.1. The lowest BCUT2D eigenvalue weighted by Crippen LogP contribution is -3.00. The molecule has 0 N–H and O–H groups in total. The van der Waals surface area contributed by atoms with Crippen LogP contribution in [0.25, 0.3) is 0 Å². The molecule has 4 aromatic rings. The first kappa shape index (κ1) is 23.6. The second-order valence-electron chi connectivity index (χ2n) is 7.24. The number of rotatable bonds is 7. The van der Waals surface area contributed by atoms with E-state index in [1.807, 2.05) is 24.3 Å². The molecule has 4 aromatic carbocycles. The van der Waals surface area contributed by atoms with Crippen LogP contribution in [0.4, 0.5) is 5.69 Å². The van der Waals surface area contributed by atoms with E-state index in [2.05, 4.69) is 72.8 Å². The molecule has 0 aliphatic rings. The molecule has 4 rings (SSSR count). The maximum atomic E-state index is 11.6. The van der Waals surface area contributed by atoms with Gasteiger partial charge in [0.15, 0.2) is 5.75 Å². The molecule has 0 spiro atoms. The van der Waals surface area contributed by atoms with Gasteiger partial charge in [0.2, 0.25) is 0 Å². The average Bonchev–Trinajstić information content (AvgIpc) is 2.84. The molecule has 0 unspecified atom stereocenters. The molecule has 162 valence electrons. The Bertz CT molecular complexity index is 1070. The largest absolute Gasteiger partial charge is 1.00 e. The number of benzene rings is 4. The van der Waals surface area contributed by atoms with Crippen LogP contribution in [0, 0.1) is 10.1 Å². The summed E-state index contributed by atoms with van der Waals surface area (Å²) in [6.07, 6.45) is 0.676. The number of hydrogen-bond acceptors (Lipinski definition) is 3. The molecule has 0 aliphatic carbocycles. The van der Waals surface area contributed by atoms with Crippen molar-refractivity contribution in [2.24, 2.45) is 0 Å². The third kappa shape index (κ3) is 4.59. The number of hydrogen-bond donors (Lipinski definition) is 0. The topological polar surface area (TPSA) is 52.4 Å². The van der Waals surface area contributed by atoms with Crippen LogP contribution in [0.5, 0.6) is 5.75 Å². The van der Waals surface area contributed by atoms with Crippen LogP contribution in [-0.2, 0) is 6.16 Å². The number of nitrogens with zero attached hydrogens (tertiary/aromatic N) is 1. The quantitative estimate of drug-likeness (QED) is 0.218. The van der Waals surface area contributed by atoms with Gasteiger partial charge in [0.05, 0.1) is 18.2 Å². The van der Waals surface area contributed by atoms with Crippen molar-refractivity contribution in [3.05, 3.63) is 125 Å². The predicted molar refractivity (Wildman–Crippen MR) is 129 cm³/mol. The van der Waals surface area contributed by atoms with Gasteiger partial charge in [-0.15, -0.1) is 0 Å². The monoisotopic (exact) mass is 507 g/mol. The third-order valence-electron chi connectivity index (χ3n) is 5.45.